The molecule has 0 saturated heterocycles. The van der Waals surface area contributed by atoms with Crippen LogP contribution in [-0.4, -0.2) is 43.4 Å². The molecule has 0 N–H and O–H groups in total. The van der Waals surface area contributed by atoms with Crippen LogP contribution >= 0.6 is 0 Å². The van der Waals surface area contributed by atoms with Crippen LogP contribution in [0.3, 0.4) is 0 Å². The Morgan fingerprint density at radius 2 is 1.82 bits per heavy atom. The second-order valence-electron chi connectivity index (χ2n) is 7.14. The van der Waals surface area contributed by atoms with E-state index in [-0.39, 0.29) is 11.9 Å². The highest BCUT2D eigenvalue weighted by atomic mass is 16.2. The van der Waals surface area contributed by atoms with E-state index in [1.807, 2.05) is 50.1 Å². The van der Waals surface area contributed by atoms with E-state index in [1.54, 1.807) is 12.4 Å². The van der Waals surface area contributed by atoms with Gasteiger partial charge in [-0.05, 0) is 64.3 Å². The van der Waals surface area contributed by atoms with Gasteiger partial charge in [0.25, 0.3) is 5.91 Å². The number of carbonyl (C=O) groups is 1. The first-order valence-electron chi connectivity index (χ1n) is 9.69. The standard InChI is InChI=1S/C22H27N5O/c1-5-26(18(4)8-10-19-9-6-17(3)15-23-19)22(28)20-14-16(2)7-11-21(20)27-24-12-13-25-27/h6-7,9,11-15,18H,5,8,10H2,1-4H3/t18-/m0/s1. The lowest BCUT2D eigenvalue weighted by molar-refractivity contribution is 0.0695. The summed E-state index contributed by atoms with van der Waals surface area (Å²) in [6.07, 6.45) is 6.81. The molecule has 0 fully saturated rings. The van der Waals surface area contributed by atoms with Crippen LogP contribution in [0.15, 0.2) is 48.9 Å². The van der Waals surface area contributed by atoms with Crippen molar-refractivity contribution in [1.82, 2.24) is 24.9 Å². The zero-order chi connectivity index (χ0) is 20.1. The molecule has 0 aliphatic carbocycles. The van der Waals surface area contributed by atoms with Gasteiger partial charge in [0.1, 0.15) is 0 Å². The molecule has 0 saturated carbocycles. The molecule has 2 heterocycles. The topological polar surface area (TPSA) is 63.9 Å². The molecule has 1 aromatic carbocycles. The Bertz CT molecular complexity index is 919. The van der Waals surface area contributed by atoms with E-state index in [9.17, 15) is 4.79 Å². The second kappa shape index (κ2) is 8.78. The Labute approximate surface area is 166 Å². The molecule has 0 aliphatic rings. The van der Waals surface area contributed by atoms with Gasteiger partial charge in [0.05, 0.1) is 23.6 Å². The Hall–Kier alpha value is -3.02. The maximum absolute atomic E-state index is 13.4. The SMILES string of the molecule is CCN(C(=O)c1cc(C)ccc1-n1nccn1)[C@@H](C)CCc1ccc(C)cn1. The molecule has 1 atom stereocenters. The van der Waals surface area contributed by atoms with Gasteiger partial charge in [-0.25, -0.2) is 0 Å². The summed E-state index contributed by atoms with van der Waals surface area (Å²) < 4.78 is 0. The van der Waals surface area contributed by atoms with Crippen molar-refractivity contribution in [3.05, 3.63) is 71.3 Å². The Morgan fingerprint density at radius 1 is 1.11 bits per heavy atom. The Balaban J connectivity index is 1.79. The quantitative estimate of drug-likeness (QED) is 0.629. The number of hydrogen-bond donors (Lipinski definition) is 0. The summed E-state index contributed by atoms with van der Waals surface area (Å²) >= 11 is 0. The smallest absolute Gasteiger partial charge is 0.256 e. The van der Waals surface area contributed by atoms with E-state index < -0.39 is 0 Å². The van der Waals surface area contributed by atoms with Crippen molar-refractivity contribution in [3.63, 3.8) is 0 Å². The van der Waals surface area contributed by atoms with Crippen molar-refractivity contribution in [2.24, 2.45) is 0 Å². The summed E-state index contributed by atoms with van der Waals surface area (Å²) in [5, 5.41) is 8.40. The van der Waals surface area contributed by atoms with Crippen LogP contribution in [0.5, 0.6) is 0 Å². The largest absolute Gasteiger partial charge is 0.336 e. The number of carbonyl (C=O) groups excluding carboxylic acids is 1. The van der Waals surface area contributed by atoms with E-state index in [0.29, 0.717) is 17.8 Å². The number of aromatic nitrogens is 4. The van der Waals surface area contributed by atoms with Gasteiger partial charge in [-0.3, -0.25) is 9.78 Å². The molecule has 3 rings (SSSR count). The molecule has 2 aromatic heterocycles. The van der Waals surface area contributed by atoms with Crippen molar-refractivity contribution < 1.29 is 4.79 Å². The highest BCUT2D eigenvalue weighted by Gasteiger charge is 2.23. The molecule has 3 aromatic rings. The summed E-state index contributed by atoms with van der Waals surface area (Å²) in [4.78, 5) is 21.3. The van der Waals surface area contributed by atoms with E-state index in [1.165, 1.54) is 4.80 Å². The van der Waals surface area contributed by atoms with Crippen molar-refractivity contribution in [2.45, 2.75) is 46.6 Å². The number of amides is 1. The normalized spacial score (nSPS) is 12.0. The van der Waals surface area contributed by atoms with Crippen LogP contribution in [0.1, 0.15) is 47.4 Å². The lowest BCUT2D eigenvalue weighted by Crippen LogP contribution is -2.39. The number of hydrogen-bond acceptors (Lipinski definition) is 4. The first kappa shape index (κ1) is 19.7. The molecule has 0 unspecified atom stereocenters. The lowest BCUT2D eigenvalue weighted by Gasteiger charge is -2.29. The van der Waals surface area contributed by atoms with Crippen LogP contribution in [0.25, 0.3) is 5.69 Å². The van der Waals surface area contributed by atoms with Crippen molar-refractivity contribution in [2.75, 3.05) is 6.54 Å². The highest BCUT2D eigenvalue weighted by Crippen LogP contribution is 2.20. The molecule has 6 nitrogen and oxygen atoms in total. The minimum absolute atomic E-state index is 0.00265. The van der Waals surface area contributed by atoms with Crippen LogP contribution in [0.4, 0.5) is 0 Å². The summed E-state index contributed by atoms with van der Waals surface area (Å²) in [5.74, 6) is 0.00265. The van der Waals surface area contributed by atoms with Crippen LogP contribution in [0, 0.1) is 13.8 Å². The van der Waals surface area contributed by atoms with Crippen molar-refractivity contribution in [1.29, 1.82) is 0 Å². The number of nitrogens with zero attached hydrogens (tertiary/aromatic N) is 5. The summed E-state index contributed by atoms with van der Waals surface area (Å²) in [6.45, 7) is 8.77. The first-order chi connectivity index (χ1) is 13.5. The zero-order valence-electron chi connectivity index (χ0n) is 17.0. The molecular formula is C22H27N5O. The van der Waals surface area contributed by atoms with Gasteiger partial charge in [0.15, 0.2) is 0 Å². The molecule has 0 radical (unpaired) electrons. The number of benzene rings is 1. The first-order valence-corrected chi connectivity index (χ1v) is 9.69. The molecular weight excluding hydrogens is 350 g/mol. The summed E-state index contributed by atoms with van der Waals surface area (Å²) in [7, 11) is 0. The van der Waals surface area contributed by atoms with E-state index in [4.69, 9.17) is 0 Å². The predicted octanol–water partition coefficient (Wildman–Crippen LogP) is 3.76. The fourth-order valence-electron chi connectivity index (χ4n) is 3.30. The Morgan fingerprint density at radius 3 is 2.46 bits per heavy atom. The van der Waals surface area contributed by atoms with E-state index >= 15 is 0 Å². The number of rotatable bonds is 7. The van der Waals surface area contributed by atoms with Crippen molar-refractivity contribution in [3.8, 4) is 5.69 Å². The predicted molar refractivity (Wildman–Crippen MR) is 110 cm³/mol. The van der Waals surface area contributed by atoms with Gasteiger partial charge >= 0.3 is 0 Å². The fourth-order valence-corrected chi connectivity index (χ4v) is 3.30. The van der Waals surface area contributed by atoms with Crippen LogP contribution < -0.4 is 0 Å². The monoisotopic (exact) mass is 377 g/mol. The minimum atomic E-state index is 0.00265. The number of pyridine rings is 1. The molecule has 1 amide bonds. The molecule has 0 aliphatic heterocycles. The maximum atomic E-state index is 13.4. The van der Waals surface area contributed by atoms with E-state index in [0.717, 1.165) is 29.7 Å². The van der Waals surface area contributed by atoms with Gasteiger partial charge in [-0.2, -0.15) is 15.0 Å². The summed E-state index contributed by atoms with van der Waals surface area (Å²) in [5.41, 5.74) is 4.57. The molecule has 0 bridgehead atoms. The maximum Gasteiger partial charge on any atom is 0.256 e. The number of aryl methyl sites for hydroxylation is 3. The van der Waals surface area contributed by atoms with Crippen LogP contribution in [-0.2, 0) is 6.42 Å². The van der Waals surface area contributed by atoms with Gasteiger partial charge in [-0.15, -0.1) is 0 Å². The minimum Gasteiger partial charge on any atom is -0.336 e. The lowest BCUT2D eigenvalue weighted by atomic mass is 10.0. The third-order valence-electron chi connectivity index (χ3n) is 4.94. The zero-order valence-corrected chi connectivity index (χ0v) is 17.0. The third-order valence-corrected chi connectivity index (χ3v) is 4.94. The second-order valence-corrected chi connectivity index (χ2v) is 7.14. The fraction of sp³-hybridized carbons (Fsp3) is 0.364. The van der Waals surface area contributed by atoms with Crippen LogP contribution in [0.2, 0.25) is 0 Å². The van der Waals surface area contributed by atoms with Gasteiger partial charge in [0.2, 0.25) is 0 Å². The molecule has 146 valence electrons. The average Bonchev–Trinajstić information content (AvgIpc) is 3.22. The average molecular weight is 377 g/mol. The van der Waals surface area contributed by atoms with Gasteiger partial charge in [-0.1, -0.05) is 17.7 Å². The highest BCUT2D eigenvalue weighted by molar-refractivity contribution is 5.98. The van der Waals surface area contributed by atoms with Crippen molar-refractivity contribution >= 4 is 5.91 Å². The van der Waals surface area contributed by atoms with E-state index in [2.05, 4.69) is 34.2 Å². The van der Waals surface area contributed by atoms with Gasteiger partial charge in [0, 0.05) is 24.5 Å². The molecule has 6 heteroatoms. The Kier molecular flexibility index (Phi) is 6.19. The van der Waals surface area contributed by atoms with Gasteiger partial charge < -0.3 is 4.90 Å². The third kappa shape index (κ3) is 4.44. The molecule has 0 spiro atoms. The molecule has 28 heavy (non-hydrogen) atoms. The summed E-state index contributed by atoms with van der Waals surface area (Å²) in [6, 6.07) is 10.0.